The summed E-state index contributed by atoms with van der Waals surface area (Å²) >= 11 is 0. The molecule has 0 amide bonds. The summed E-state index contributed by atoms with van der Waals surface area (Å²) in [6, 6.07) is 14.4. The van der Waals surface area contributed by atoms with Crippen molar-refractivity contribution < 1.29 is 19.8 Å². The van der Waals surface area contributed by atoms with Gasteiger partial charge in [0.25, 0.3) is 0 Å². The summed E-state index contributed by atoms with van der Waals surface area (Å²) < 4.78 is 0. The number of hydrogen-bond donors (Lipinski definition) is 4. The van der Waals surface area contributed by atoms with E-state index in [0.717, 1.165) is 23.3 Å². The van der Waals surface area contributed by atoms with E-state index in [1.54, 1.807) is 24.3 Å². The minimum absolute atomic E-state index is 0.151. The first-order valence-electron chi connectivity index (χ1n) is 6.50. The van der Waals surface area contributed by atoms with E-state index >= 15 is 0 Å². The predicted octanol–water partition coefficient (Wildman–Crippen LogP) is 3.23. The van der Waals surface area contributed by atoms with Gasteiger partial charge in [0.15, 0.2) is 0 Å². The van der Waals surface area contributed by atoms with Crippen molar-refractivity contribution in [1.29, 1.82) is 10.8 Å². The Kier molecular flexibility index (Phi) is 8.34. The van der Waals surface area contributed by atoms with E-state index in [1.807, 2.05) is 24.3 Å². The van der Waals surface area contributed by atoms with E-state index in [9.17, 15) is 10.2 Å². The van der Waals surface area contributed by atoms with Crippen LogP contribution in [0, 0.1) is 10.8 Å². The topological polar surface area (TPSA) is 122 Å². The molecule has 0 bridgehead atoms. The molecule has 0 unspecified atom stereocenters. The number of benzene rings is 2. The van der Waals surface area contributed by atoms with Gasteiger partial charge in [-0.2, -0.15) is 0 Å². The highest BCUT2D eigenvalue weighted by molar-refractivity contribution is 5.41. The normalized spacial score (nSPS) is 9.13. The van der Waals surface area contributed by atoms with E-state index in [-0.39, 0.29) is 16.9 Å². The zero-order valence-corrected chi connectivity index (χ0v) is 12.8. The highest BCUT2D eigenvalue weighted by atomic mass is 16.3. The van der Waals surface area contributed by atoms with Crippen molar-refractivity contribution in [1.82, 2.24) is 0 Å². The number of hydrogen-bond acceptors (Lipinski definition) is 6. The lowest BCUT2D eigenvalue weighted by atomic mass is 9.78. The van der Waals surface area contributed by atoms with Crippen LogP contribution >= 0.6 is 0 Å². The minimum atomic E-state index is -0.151. The Morgan fingerprint density at radius 3 is 1.17 bits per heavy atom. The molecule has 0 spiro atoms. The second-order valence-electron chi connectivity index (χ2n) is 4.92. The van der Waals surface area contributed by atoms with E-state index in [1.165, 1.54) is 0 Å². The molecule has 0 aromatic heterocycles. The van der Waals surface area contributed by atoms with Crippen molar-refractivity contribution in [3.05, 3.63) is 59.7 Å². The molecule has 0 aliphatic carbocycles. The fraction of sp³-hybridized carbons (Fsp3) is 0.176. The Morgan fingerprint density at radius 2 is 0.957 bits per heavy atom. The van der Waals surface area contributed by atoms with Crippen molar-refractivity contribution in [2.24, 2.45) is 0 Å². The lowest BCUT2D eigenvalue weighted by Crippen LogP contribution is -2.18. The summed E-state index contributed by atoms with van der Waals surface area (Å²) in [7, 11) is 0. The zero-order valence-electron chi connectivity index (χ0n) is 12.8. The van der Waals surface area contributed by atoms with Crippen LogP contribution in [-0.4, -0.2) is 22.4 Å². The Labute approximate surface area is 134 Å². The first-order valence-corrected chi connectivity index (χ1v) is 6.50. The Hall–Kier alpha value is -3.20. The van der Waals surface area contributed by atoms with E-state index in [2.05, 4.69) is 13.8 Å². The van der Waals surface area contributed by atoms with E-state index < -0.39 is 0 Å². The third kappa shape index (κ3) is 6.40. The number of phenolic OH excluding ortho intramolecular Hbond substituents is 2. The fourth-order valence-corrected chi connectivity index (χ4v) is 1.92. The van der Waals surface area contributed by atoms with Crippen LogP contribution in [0.15, 0.2) is 48.5 Å². The molecule has 0 heterocycles. The van der Waals surface area contributed by atoms with E-state index in [4.69, 9.17) is 20.4 Å². The second-order valence-corrected chi connectivity index (χ2v) is 4.92. The van der Waals surface area contributed by atoms with Gasteiger partial charge < -0.3 is 10.2 Å². The molecule has 0 aliphatic rings. The van der Waals surface area contributed by atoms with Crippen LogP contribution in [0.1, 0.15) is 25.0 Å². The molecule has 2 aromatic rings. The summed E-state index contributed by atoms with van der Waals surface area (Å²) in [5.41, 5.74) is 2.10. The maximum Gasteiger partial charge on any atom is 0.231 e. The maximum absolute atomic E-state index is 9.30. The molecule has 2 rings (SSSR count). The average Bonchev–Trinajstić information content (AvgIpc) is 2.50. The van der Waals surface area contributed by atoms with Gasteiger partial charge in [-0.05, 0) is 35.4 Å². The van der Waals surface area contributed by atoms with Gasteiger partial charge in [-0.3, -0.25) is 0 Å². The number of rotatable bonds is 2. The molecule has 0 aliphatic heterocycles. The monoisotopic (exact) mass is 314 g/mol. The standard InChI is InChI=1S/C15H16O2.2CHNO/c1-15(2,11-3-7-13(16)8-4-11)12-5-9-14(17)10-6-12;2*2-1-3/h3-10,16-17H,1-2H3;2*2H. The lowest BCUT2D eigenvalue weighted by molar-refractivity contribution is 0.474. The smallest absolute Gasteiger partial charge is 0.231 e. The highest BCUT2D eigenvalue weighted by Gasteiger charge is 2.22. The van der Waals surface area contributed by atoms with Crippen molar-refractivity contribution >= 4 is 12.2 Å². The highest BCUT2D eigenvalue weighted by Crippen LogP contribution is 2.32. The number of aromatic hydroxyl groups is 2. The maximum atomic E-state index is 9.30. The number of isocyanates is 2. The quantitative estimate of drug-likeness (QED) is 0.502. The van der Waals surface area contributed by atoms with Gasteiger partial charge in [0.1, 0.15) is 11.5 Å². The largest absolute Gasteiger partial charge is 0.508 e. The molecule has 0 radical (unpaired) electrons. The zero-order chi connectivity index (χ0) is 17.9. The third-order valence-electron chi connectivity index (χ3n) is 3.18. The molecule has 0 saturated heterocycles. The van der Waals surface area contributed by atoms with Crippen LogP contribution in [0.5, 0.6) is 11.5 Å². The summed E-state index contributed by atoms with van der Waals surface area (Å²) in [6.07, 6.45) is 1.50. The van der Waals surface area contributed by atoms with Gasteiger partial charge in [-0.1, -0.05) is 38.1 Å². The minimum Gasteiger partial charge on any atom is -0.508 e. The third-order valence-corrected chi connectivity index (χ3v) is 3.18. The molecule has 2 aromatic carbocycles. The van der Waals surface area contributed by atoms with Crippen LogP contribution < -0.4 is 0 Å². The average molecular weight is 314 g/mol. The van der Waals surface area contributed by atoms with E-state index in [0.29, 0.717) is 0 Å². The first kappa shape index (κ1) is 19.8. The van der Waals surface area contributed by atoms with Crippen LogP contribution in [0.25, 0.3) is 0 Å². The summed E-state index contributed by atoms with van der Waals surface area (Å²) in [5.74, 6) is 0.547. The van der Waals surface area contributed by atoms with Gasteiger partial charge in [-0.25, -0.2) is 20.4 Å². The number of carbonyl (C=O) groups excluding carboxylic acids is 2. The SMILES string of the molecule is CC(C)(c1ccc(O)cc1)c1ccc(O)cc1.N=C=O.N=C=O. The Balaban J connectivity index is 0.000000704. The Morgan fingerprint density at radius 1 is 0.739 bits per heavy atom. The molecule has 6 nitrogen and oxygen atoms in total. The number of phenols is 2. The van der Waals surface area contributed by atoms with Crippen molar-refractivity contribution in [3.8, 4) is 11.5 Å². The predicted molar refractivity (Wildman–Crippen MR) is 85.2 cm³/mol. The summed E-state index contributed by atoms with van der Waals surface area (Å²) in [6.45, 7) is 4.23. The van der Waals surface area contributed by atoms with Crippen LogP contribution in [0.2, 0.25) is 0 Å². The van der Waals surface area contributed by atoms with Gasteiger partial charge >= 0.3 is 0 Å². The molecular formula is C17H18N2O4. The van der Waals surface area contributed by atoms with Crippen LogP contribution in [0.4, 0.5) is 0 Å². The summed E-state index contributed by atoms with van der Waals surface area (Å²) in [4.78, 5) is 16.7. The van der Waals surface area contributed by atoms with Gasteiger partial charge in [0, 0.05) is 5.41 Å². The molecule has 0 saturated carbocycles. The van der Waals surface area contributed by atoms with Crippen LogP contribution in [-0.2, 0) is 15.0 Å². The fourth-order valence-electron chi connectivity index (χ4n) is 1.92. The van der Waals surface area contributed by atoms with Gasteiger partial charge in [-0.15, -0.1) is 0 Å². The molecular weight excluding hydrogens is 296 g/mol. The molecule has 120 valence electrons. The van der Waals surface area contributed by atoms with Crippen LogP contribution in [0.3, 0.4) is 0 Å². The molecule has 6 heteroatoms. The van der Waals surface area contributed by atoms with Crippen molar-refractivity contribution in [2.75, 3.05) is 0 Å². The summed E-state index contributed by atoms with van der Waals surface area (Å²) in [5, 5.41) is 29.4. The van der Waals surface area contributed by atoms with Gasteiger partial charge in [0.2, 0.25) is 12.2 Å². The van der Waals surface area contributed by atoms with Gasteiger partial charge in [0.05, 0.1) is 0 Å². The Bertz CT molecular complexity index is 605. The molecule has 23 heavy (non-hydrogen) atoms. The number of nitrogens with one attached hydrogen (secondary N) is 2. The van der Waals surface area contributed by atoms with Crippen molar-refractivity contribution in [2.45, 2.75) is 19.3 Å². The molecule has 0 atom stereocenters. The molecule has 4 N–H and O–H groups in total. The second kappa shape index (κ2) is 9.68. The lowest BCUT2D eigenvalue weighted by Gasteiger charge is -2.26. The van der Waals surface area contributed by atoms with Crippen molar-refractivity contribution in [3.63, 3.8) is 0 Å². The molecule has 0 fully saturated rings. The first-order chi connectivity index (χ1) is 10.8.